The van der Waals surface area contributed by atoms with Crippen molar-refractivity contribution < 1.29 is 14.0 Å². The Bertz CT molecular complexity index is 1040. The van der Waals surface area contributed by atoms with Gasteiger partial charge in [0.05, 0.1) is 6.04 Å². The summed E-state index contributed by atoms with van der Waals surface area (Å²) >= 11 is 4.54. The largest absolute Gasteiger partial charge is 0.329 e. The monoisotopic (exact) mass is 474 g/mol. The first kappa shape index (κ1) is 19.7. The Labute approximate surface area is 178 Å². The highest BCUT2D eigenvalue weighted by Crippen LogP contribution is 2.35. The van der Waals surface area contributed by atoms with Crippen LogP contribution in [0, 0.1) is 5.82 Å². The van der Waals surface area contributed by atoms with Crippen LogP contribution in [0.3, 0.4) is 0 Å². The average molecular weight is 475 g/mol. The van der Waals surface area contributed by atoms with E-state index in [1.807, 2.05) is 12.1 Å². The number of benzene rings is 2. The summed E-state index contributed by atoms with van der Waals surface area (Å²) in [6.45, 7) is 0.635. The van der Waals surface area contributed by atoms with E-state index in [1.165, 1.54) is 35.6 Å². The second-order valence-corrected chi connectivity index (χ2v) is 8.49. The summed E-state index contributed by atoms with van der Waals surface area (Å²) < 4.78 is 13.9. The van der Waals surface area contributed by atoms with E-state index in [2.05, 4.69) is 31.4 Å². The molecule has 0 radical (unpaired) electrons. The summed E-state index contributed by atoms with van der Waals surface area (Å²) in [5.74, 6) is -0.852. The molecule has 0 saturated carbocycles. The van der Waals surface area contributed by atoms with Crippen molar-refractivity contribution >= 4 is 44.8 Å². The zero-order valence-corrected chi connectivity index (χ0v) is 17.5. The number of amides is 2. The molecular formula is C20H16BrFN4O2S. The lowest BCUT2D eigenvalue weighted by Crippen LogP contribution is -2.30. The van der Waals surface area contributed by atoms with Gasteiger partial charge in [0.25, 0.3) is 11.8 Å². The molecule has 1 fully saturated rings. The van der Waals surface area contributed by atoms with Crippen molar-refractivity contribution in [1.82, 2.24) is 15.1 Å². The Morgan fingerprint density at radius 1 is 1.10 bits per heavy atom. The van der Waals surface area contributed by atoms with Gasteiger partial charge in [0.1, 0.15) is 10.8 Å². The molecule has 0 aliphatic carbocycles. The molecule has 4 rings (SSSR count). The van der Waals surface area contributed by atoms with Gasteiger partial charge in [-0.15, -0.1) is 10.2 Å². The van der Waals surface area contributed by atoms with E-state index in [4.69, 9.17) is 0 Å². The molecule has 1 atom stereocenters. The number of anilines is 1. The van der Waals surface area contributed by atoms with Crippen LogP contribution < -0.4 is 5.32 Å². The first-order chi connectivity index (χ1) is 14.0. The maximum absolute atomic E-state index is 13.0. The Morgan fingerprint density at radius 3 is 2.55 bits per heavy atom. The van der Waals surface area contributed by atoms with Crippen LogP contribution in [-0.4, -0.2) is 33.5 Å². The molecule has 29 heavy (non-hydrogen) atoms. The number of hydrogen-bond donors (Lipinski definition) is 1. The lowest BCUT2D eigenvalue weighted by molar-refractivity contribution is 0.0735. The predicted molar refractivity (Wildman–Crippen MR) is 111 cm³/mol. The summed E-state index contributed by atoms with van der Waals surface area (Å²) in [5.41, 5.74) is 1.08. The van der Waals surface area contributed by atoms with Gasteiger partial charge in [0.15, 0.2) is 0 Å². The first-order valence-corrected chi connectivity index (χ1v) is 10.6. The zero-order chi connectivity index (χ0) is 20.4. The molecule has 2 aromatic carbocycles. The summed E-state index contributed by atoms with van der Waals surface area (Å²) in [7, 11) is 0. The van der Waals surface area contributed by atoms with Gasteiger partial charge in [-0.25, -0.2) is 4.39 Å². The van der Waals surface area contributed by atoms with Crippen LogP contribution >= 0.6 is 27.3 Å². The second kappa shape index (κ2) is 8.38. The summed E-state index contributed by atoms with van der Waals surface area (Å²) in [4.78, 5) is 27.1. The Balaban J connectivity index is 1.49. The van der Waals surface area contributed by atoms with Gasteiger partial charge in [-0.2, -0.15) is 0 Å². The minimum Gasteiger partial charge on any atom is -0.329 e. The fraction of sp³-hybridized carbons (Fsp3) is 0.200. The van der Waals surface area contributed by atoms with E-state index >= 15 is 0 Å². The number of hydrogen-bond acceptors (Lipinski definition) is 5. The minimum absolute atomic E-state index is 0.0625. The summed E-state index contributed by atoms with van der Waals surface area (Å²) in [6, 6.07) is 12.5. The summed E-state index contributed by atoms with van der Waals surface area (Å²) in [5, 5.41) is 11.7. The maximum atomic E-state index is 13.0. The zero-order valence-electron chi connectivity index (χ0n) is 15.1. The van der Waals surface area contributed by atoms with E-state index in [-0.39, 0.29) is 22.8 Å². The molecule has 0 spiro atoms. The van der Waals surface area contributed by atoms with Crippen LogP contribution in [0.25, 0.3) is 0 Å². The van der Waals surface area contributed by atoms with Gasteiger partial charge < -0.3 is 10.2 Å². The number of likely N-dealkylation sites (tertiary alicyclic amines) is 1. The molecule has 9 heteroatoms. The molecule has 1 aliphatic heterocycles. The molecule has 0 unspecified atom stereocenters. The molecule has 2 amide bonds. The second-order valence-electron chi connectivity index (χ2n) is 6.57. The lowest BCUT2D eigenvalue weighted by Gasteiger charge is -2.22. The van der Waals surface area contributed by atoms with Gasteiger partial charge in [0, 0.05) is 22.3 Å². The van der Waals surface area contributed by atoms with Crippen LogP contribution in [0.15, 0.2) is 53.0 Å². The first-order valence-electron chi connectivity index (χ1n) is 8.98. The molecule has 1 aromatic heterocycles. The van der Waals surface area contributed by atoms with Gasteiger partial charge >= 0.3 is 0 Å². The van der Waals surface area contributed by atoms with Gasteiger partial charge in [0.2, 0.25) is 5.01 Å². The Hall–Kier alpha value is -2.65. The fourth-order valence-corrected chi connectivity index (χ4v) is 4.35. The normalized spacial score (nSPS) is 16.1. The van der Waals surface area contributed by atoms with E-state index in [0.29, 0.717) is 22.8 Å². The summed E-state index contributed by atoms with van der Waals surface area (Å²) in [6.07, 6.45) is 1.64. The van der Waals surface area contributed by atoms with E-state index in [1.54, 1.807) is 17.0 Å². The van der Waals surface area contributed by atoms with Crippen molar-refractivity contribution in [2.24, 2.45) is 0 Å². The number of nitrogens with one attached hydrogen (secondary N) is 1. The molecule has 1 saturated heterocycles. The van der Waals surface area contributed by atoms with Crippen molar-refractivity contribution in [3.05, 3.63) is 74.4 Å². The fourth-order valence-electron chi connectivity index (χ4n) is 3.20. The van der Waals surface area contributed by atoms with Gasteiger partial charge in [-0.1, -0.05) is 27.3 Å². The highest BCUT2D eigenvalue weighted by Gasteiger charge is 2.33. The van der Waals surface area contributed by atoms with Crippen molar-refractivity contribution in [1.29, 1.82) is 0 Å². The highest BCUT2D eigenvalue weighted by molar-refractivity contribution is 9.10. The third-order valence-corrected chi connectivity index (χ3v) is 6.18. The highest BCUT2D eigenvalue weighted by atomic mass is 79.9. The van der Waals surface area contributed by atoms with E-state index in [0.717, 1.165) is 17.3 Å². The Morgan fingerprint density at radius 2 is 1.83 bits per heavy atom. The lowest BCUT2D eigenvalue weighted by atomic mass is 10.2. The number of carbonyl (C=O) groups is 2. The maximum Gasteiger partial charge on any atom is 0.286 e. The predicted octanol–water partition coefficient (Wildman–Crippen LogP) is 4.67. The van der Waals surface area contributed by atoms with Crippen LogP contribution in [0.5, 0.6) is 0 Å². The third kappa shape index (κ3) is 4.35. The molecule has 1 N–H and O–H groups in total. The van der Waals surface area contributed by atoms with Crippen molar-refractivity contribution in [2.75, 3.05) is 11.9 Å². The quantitative estimate of drug-likeness (QED) is 0.595. The molecule has 6 nitrogen and oxygen atoms in total. The van der Waals surface area contributed by atoms with E-state index in [9.17, 15) is 14.0 Å². The standard InChI is InChI=1S/C20H16BrFN4O2S/c21-13-5-3-12(4-6-13)20(28)26-11-1-2-16(26)18-24-25-19(29-18)17(27)23-15-9-7-14(22)8-10-15/h3-10,16H,1-2,11H2,(H,23,27)/t16-/m1/s1. The molecule has 148 valence electrons. The van der Waals surface area contributed by atoms with Crippen LogP contribution in [0.2, 0.25) is 0 Å². The number of nitrogens with zero attached hydrogens (tertiary/aromatic N) is 3. The van der Waals surface area contributed by atoms with Crippen molar-refractivity contribution in [3.8, 4) is 0 Å². The van der Waals surface area contributed by atoms with Gasteiger partial charge in [-0.05, 0) is 61.4 Å². The number of halogens is 2. The number of aromatic nitrogens is 2. The van der Waals surface area contributed by atoms with Gasteiger partial charge in [-0.3, -0.25) is 9.59 Å². The number of carbonyl (C=O) groups excluding carboxylic acids is 2. The van der Waals surface area contributed by atoms with Crippen LogP contribution in [0.1, 0.15) is 44.1 Å². The smallest absolute Gasteiger partial charge is 0.286 e. The topological polar surface area (TPSA) is 75.2 Å². The Kier molecular flexibility index (Phi) is 5.68. The molecule has 3 aromatic rings. The van der Waals surface area contributed by atoms with Crippen LogP contribution in [-0.2, 0) is 0 Å². The molecular weight excluding hydrogens is 459 g/mol. The average Bonchev–Trinajstić information content (AvgIpc) is 3.39. The molecule has 0 bridgehead atoms. The van der Waals surface area contributed by atoms with Crippen molar-refractivity contribution in [3.63, 3.8) is 0 Å². The number of rotatable bonds is 4. The van der Waals surface area contributed by atoms with Crippen molar-refractivity contribution in [2.45, 2.75) is 18.9 Å². The van der Waals surface area contributed by atoms with E-state index < -0.39 is 5.91 Å². The molecule has 2 heterocycles. The SMILES string of the molecule is O=C(Nc1ccc(F)cc1)c1nnc([C@H]2CCCN2C(=O)c2ccc(Br)cc2)s1. The van der Waals surface area contributed by atoms with Crippen LogP contribution in [0.4, 0.5) is 10.1 Å². The molecule has 1 aliphatic rings. The minimum atomic E-state index is -0.413. The third-order valence-electron chi connectivity index (χ3n) is 4.63.